The fraction of sp³-hybridized carbons (Fsp3) is 0.200. The van der Waals surface area contributed by atoms with Crippen LogP contribution in [0.5, 0.6) is 0 Å². The number of aryl methyl sites for hydroxylation is 2. The number of nitrogens with zero attached hydrogens (tertiary/aromatic N) is 4. The standard InChI is InChI=1S/C30H26N4O2/c1-36-28(35)14-9-20-7-10-21(11-8-20)22-12-13-23-24(15-17-32-26(23)19-22)29-27-6-4-18-34(27)33-30(29)25-5-2-3-16-31-25/h2-3,5,7-8,10-13,15-17,19H,4,6,9,14,18H2,1H3. The van der Waals surface area contributed by atoms with E-state index in [0.717, 1.165) is 63.9 Å². The molecule has 0 amide bonds. The van der Waals surface area contributed by atoms with Crippen molar-refractivity contribution < 1.29 is 9.53 Å². The first-order chi connectivity index (χ1) is 17.7. The number of hydrogen-bond acceptors (Lipinski definition) is 5. The van der Waals surface area contributed by atoms with Crippen molar-refractivity contribution in [2.75, 3.05) is 7.11 Å². The minimum atomic E-state index is -0.189. The third kappa shape index (κ3) is 4.05. The number of ether oxygens (including phenoxy) is 1. The van der Waals surface area contributed by atoms with Crippen LogP contribution >= 0.6 is 0 Å². The lowest BCUT2D eigenvalue weighted by molar-refractivity contribution is -0.140. The largest absolute Gasteiger partial charge is 0.469 e. The second-order valence-corrected chi connectivity index (χ2v) is 9.08. The van der Waals surface area contributed by atoms with E-state index in [9.17, 15) is 4.79 Å². The van der Waals surface area contributed by atoms with Crippen LogP contribution in [0, 0.1) is 0 Å². The molecule has 1 aliphatic heterocycles. The Labute approximate surface area is 209 Å². The van der Waals surface area contributed by atoms with Gasteiger partial charge >= 0.3 is 5.97 Å². The van der Waals surface area contributed by atoms with Crippen LogP contribution < -0.4 is 0 Å². The summed E-state index contributed by atoms with van der Waals surface area (Å²) in [5.41, 5.74) is 9.70. The summed E-state index contributed by atoms with van der Waals surface area (Å²) >= 11 is 0. The summed E-state index contributed by atoms with van der Waals surface area (Å²) in [6.45, 7) is 0.942. The van der Waals surface area contributed by atoms with Gasteiger partial charge in [-0.3, -0.25) is 19.4 Å². The Bertz CT molecular complexity index is 1560. The molecule has 0 unspecified atom stereocenters. The molecule has 36 heavy (non-hydrogen) atoms. The molecule has 6 nitrogen and oxygen atoms in total. The van der Waals surface area contributed by atoms with E-state index in [1.165, 1.54) is 18.4 Å². The summed E-state index contributed by atoms with van der Waals surface area (Å²) in [5.74, 6) is -0.189. The molecule has 3 aromatic heterocycles. The quantitative estimate of drug-likeness (QED) is 0.288. The van der Waals surface area contributed by atoms with Gasteiger partial charge in [-0.15, -0.1) is 0 Å². The van der Waals surface area contributed by atoms with Gasteiger partial charge in [0.25, 0.3) is 0 Å². The molecule has 2 aromatic carbocycles. The van der Waals surface area contributed by atoms with Crippen LogP contribution in [0.25, 0.3) is 44.5 Å². The van der Waals surface area contributed by atoms with E-state index >= 15 is 0 Å². The molecular formula is C30H26N4O2. The molecule has 6 rings (SSSR count). The second kappa shape index (κ2) is 9.38. The first-order valence-electron chi connectivity index (χ1n) is 12.3. The van der Waals surface area contributed by atoms with Crippen molar-refractivity contribution in [2.24, 2.45) is 0 Å². The molecule has 0 spiro atoms. The fourth-order valence-corrected chi connectivity index (χ4v) is 5.06. The minimum absolute atomic E-state index is 0.189. The smallest absolute Gasteiger partial charge is 0.305 e. The van der Waals surface area contributed by atoms with Crippen molar-refractivity contribution in [1.29, 1.82) is 0 Å². The van der Waals surface area contributed by atoms with E-state index in [1.54, 1.807) is 0 Å². The highest BCUT2D eigenvalue weighted by Crippen LogP contribution is 2.40. The van der Waals surface area contributed by atoms with E-state index in [4.69, 9.17) is 14.8 Å². The maximum Gasteiger partial charge on any atom is 0.305 e. The van der Waals surface area contributed by atoms with E-state index in [2.05, 4.69) is 58.2 Å². The highest BCUT2D eigenvalue weighted by molar-refractivity contribution is 6.00. The highest BCUT2D eigenvalue weighted by atomic mass is 16.5. The normalized spacial score (nSPS) is 12.6. The maximum atomic E-state index is 11.4. The number of hydrogen-bond donors (Lipinski definition) is 0. The molecule has 0 bridgehead atoms. The number of esters is 1. The van der Waals surface area contributed by atoms with Crippen LogP contribution in [0.1, 0.15) is 24.1 Å². The van der Waals surface area contributed by atoms with E-state index in [0.29, 0.717) is 12.8 Å². The predicted molar refractivity (Wildman–Crippen MR) is 140 cm³/mol. The lowest BCUT2D eigenvalue weighted by Crippen LogP contribution is -2.01. The van der Waals surface area contributed by atoms with Gasteiger partial charge in [0.1, 0.15) is 5.69 Å². The van der Waals surface area contributed by atoms with Crippen molar-refractivity contribution in [3.63, 3.8) is 0 Å². The van der Waals surface area contributed by atoms with Crippen LogP contribution in [0.2, 0.25) is 0 Å². The summed E-state index contributed by atoms with van der Waals surface area (Å²) in [5, 5.41) is 6.06. The van der Waals surface area contributed by atoms with Gasteiger partial charge in [0.15, 0.2) is 0 Å². The Morgan fingerprint density at radius 2 is 1.83 bits per heavy atom. The fourth-order valence-electron chi connectivity index (χ4n) is 5.06. The molecule has 4 heterocycles. The van der Waals surface area contributed by atoms with Gasteiger partial charge in [-0.1, -0.05) is 42.5 Å². The summed E-state index contributed by atoms with van der Waals surface area (Å²) < 4.78 is 6.89. The number of carbonyl (C=O) groups excluding carboxylic acids is 1. The average Bonchev–Trinajstić information content (AvgIpc) is 3.53. The number of rotatable bonds is 6. The van der Waals surface area contributed by atoms with Gasteiger partial charge in [0.2, 0.25) is 0 Å². The summed E-state index contributed by atoms with van der Waals surface area (Å²) in [6, 6.07) is 22.9. The summed E-state index contributed by atoms with van der Waals surface area (Å²) in [4.78, 5) is 20.8. The zero-order valence-corrected chi connectivity index (χ0v) is 20.1. The topological polar surface area (TPSA) is 69.9 Å². The zero-order chi connectivity index (χ0) is 24.5. The highest BCUT2D eigenvalue weighted by Gasteiger charge is 2.25. The third-order valence-corrected chi connectivity index (χ3v) is 6.89. The molecule has 1 aliphatic rings. The van der Waals surface area contributed by atoms with Crippen LogP contribution in [0.4, 0.5) is 0 Å². The van der Waals surface area contributed by atoms with Gasteiger partial charge in [-0.2, -0.15) is 5.10 Å². The molecule has 0 N–H and O–H groups in total. The summed E-state index contributed by atoms with van der Waals surface area (Å²) in [7, 11) is 1.42. The van der Waals surface area contributed by atoms with E-state index in [-0.39, 0.29) is 5.97 Å². The number of fused-ring (bicyclic) bond motifs is 2. The number of aromatic nitrogens is 4. The van der Waals surface area contributed by atoms with Crippen molar-refractivity contribution in [2.45, 2.75) is 32.2 Å². The molecule has 0 atom stereocenters. The van der Waals surface area contributed by atoms with Crippen molar-refractivity contribution in [3.05, 3.63) is 90.4 Å². The number of methoxy groups -OCH3 is 1. The minimum Gasteiger partial charge on any atom is -0.469 e. The van der Waals surface area contributed by atoms with Gasteiger partial charge in [-0.25, -0.2) is 0 Å². The lowest BCUT2D eigenvalue weighted by atomic mass is 9.95. The molecule has 0 fully saturated rings. The molecule has 6 heteroatoms. The first kappa shape index (κ1) is 22.2. The monoisotopic (exact) mass is 474 g/mol. The Balaban J connectivity index is 1.38. The molecular weight excluding hydrogens is 448 g/mol. The zero-order valence-electron chi connectivity index (χ0n) is 20.1. The number of benzene rings is 2. The molecule has 0 radical (unpaired) electrons. The summed E-state index contributed by atoms with van der Waals surface area (Å²) in [6.07, 6.45) is 6.89. The SMILES string of the molecule is COC(=O)CCc1ccc(-c2ccc3c(-c4c(-c5ccccn5)nn5c4CCC5)ccnc3c2)cc1. The van der Waals surface area contributed by atoms with Crippen LogP contribution in [0.3, 0.4) is 0 Å². The van der Waals surface area contributed by atoms with Crippen molar-refractivity contribution in [1.82, 2.24) is 19.7 Å². The molecule has 0 aliphatic carbocycles. The maximum absolute atomic E-state index is 11.4. The van der Waals surface area contributed by atoms with Gasteiger partial charge in [0.05, 0.1) is 18.3 Å². The van der Waals surface area contributed by atoms with Crippen LogP contribution in [-0.4, -0.2) is 32.8 Å². The molecule has 0 saturated carbocycles. The van der Waals surface area contributed by atoms with Gasteiger partial charge in [0, 0.05) is 42.0 Å². The molecule has 5 aromatic rings. The van der Waals surface area contributed by atoms with Crippen LogP contribution in [0.15, 0.2) is 79.1 Å². The lowest BCUT2D eigenvalue weighted by Gasteiger charge is -2.11. The number of carbonyl (C=O) groups is 1. The Morgan fingerprint density at radius 1 is 0.972 bits per heavy atom. The average molecular weight is 475 g/mol. The van der Waals surface area contributed by atoms with Gasteiger partial charge in [-0.05, 0) is 65.8 Å². The van der Waals surface area contributed by atoms with E-state index in [1.807, 2.05) is 30.6 Å². The second-order valence-electron chi connectivity index (χ2n) is 9.08. The van der Waals surface area contributed by atoms with Crippen LogP contribution in [-0.2, 0) is 28.9 Å². The Morgan fingerprint density at radius 3 is 2.64 bits per heavy atom. The van der Waals surface area contributed by atoms with Gasteiger partial charge < -0.3 is 4.74 Å². The predicted octanol–water partition coefficient (Wildman–Crippen LogP) is 5.88. The molecule has 178 valence electrons. The first-order valence-corrected chi connectivity index (χ1v) is 12.3. The Kier molecular flexibility index (Phi) is 5.77. The van der Waals surface area contributed by atoms with E-state index < -0.39 is 0 Å². The molecule has 0 saturated heterocycles. The Hall–Kier alpha value is -4.32. The van der Waals surface area contributed by atoms with Crippen molar-refractivity contribution in [3.8, 4) is 33.6 Å². The number of pyridine rings is 2. The third-order valence-electron chi connectivity index (χ3n) is 6.89. The van der Waals surface area contributed by atoms with Crippen molar-refractivity contribution >= 4 is 16.9 Å².